The standard InChI is InChI=1S/C15H18FN5S/c1-11(20(2)3)14-18-19-15(22-10-4-9-17)21(14)13-7-5-12(16)6-8-13/h5-8,11H,4,10H2,1-3H3/t11-/m1/s1. The molecule has 1 heterocycles. The van der Waals surface area contributed by atoms with Gasteiger partial charge >= 0.3 is 0 Å². The number of rotatable bonds is 6. The van der Waals surface area contributed by atoms with Gasteiger partial charge in [-0.15, -0.1) is 10.2 Å². The van der Waals surface area contributed by atoms with E-state index in [1.165, 1.54) is 23.9 Å². The molecule has 0 aliphatic heterocycles. The number of halogens is 1. The summed E-state index contributed by atoms with van der Waals surface area (Å²) >= 11 is 1.48. The van der Waals surface area contributed by atoms with E-state index in [-0.39, 0.29) is 11.9 Å². The first-order valence-electron chi connectivity index (χ1n) is 6.92. The molecule has 1 aromatic carbocycles. The SMILES string of the molecule is C[C@H](c1nnc(SCCC#N)n1-c1ccc(F)cc1)N(C)C. The molecule has 0 amide bonds. The minimum Gasteiger partial charge on any atom is -0.300 e. The number of aromatic nitrogens is 3. The first kappa shape index (κ1) is 16.5. The van der Waals surface area contributed by atoms with E-state index >= 15 is 0 Å². The fraction of sp³-hybridized carbons (Fsp3) is 0.400. The Bertz CT molecular complexity index is 660. The number of benzene rings is 1. The normalized spacial score (nSPS) is 12.4. The van der Waals surface area contributed by atoms with Crippen molar-refractivity contribution in [1.82, 2.24) is 19.7 Å². The zero-order valence-electron chi connectivity index (χ0n) is 12.8. The van der Waals surface area contributed by atoms with E-state index in [1.807, 2.05) is 30.5 Å². The van der Waals surface area contributed by atoms with Crippen LogP contribution in [0.3, 0.4) is 0 Å². The molecule has 2 aromatic rings. The van der Waals surface area contributed by atoms with Gasteiger partial charge in [0.25, 0.3) is 0 Å². The molecular weight excluding hydrogens is 301 g/mol. The molecule has 0 fully saturated rings. The molecule has 116 valence electrons. The summed E-state index contributed by atoms with van der Waals surface area (Å²) in [5, 5.41) is 17.9. The van der Waals surface area contributed by atoms with E-state index in [9.17, 15) is 4.39 Å². The van der Waals surface area contributed by atoms with Gasteiger partial charge in [0.15, 0.2) is 11.0 Å². The van der Waals surface area contributed by atoms with Gasteiger partial charge in [0.05, 0.1) is 12.1 Å². The Balaban J connectivity index is 2.43. The lowest BCUT2D eigenvalue weighted by Gasteiger charge is -2.20. The first-order valence-corrected chi connectivity index (χ1v) is 7.90. The highest BCUT2D eigenvalue weighted by atomic mass is 32.2. The lowest BCUT2D eigenvalue weighted by molar-refractivity contribution is 0.305. The maximum atomic E-state index is 13.2. The second-order valence-electron chi connectivity index (χ2n) is 5.05. The van der Waals surface area contributed by atoms with Crippen molar-refractivity contribution in [3.8, 4) is 11.8 Å². The van der Waals surface area contributed by atoms with Crippen molar-refractivity contribution < 1.29 is 4.39 Å². The van der Waals surface area contributed by atoms with Crippen LogP contribution in [0.4, 0.5) is 4.39 Å². The average Bonchev–Trinajstić information content (AvgIpc) is 2.91. The van der Waals surface area contributed by atoms with Crippen molar-refractivity contribution in [1.29, 1.82) is 5.26 Å². The summed E-state index contributed by atoms with van der Waals surface area (Å²) < 4.78 is 15.1. The number of hydrogen-bond donors (Lipinski definition) is 0. The number of nitriles is 1. The molecule has 22 heavy (non-hydrogen) atoms. The van der Waals surface area contributed by atoms with Crippen LogP contribution in [0.25, 0.3) is 5.69 Å². The Labute approximate surface area is 133 Å². The van der Waals surface area contributed by atoms with Gasteiger partial charge < -0.3 is 0 Å². The van der Waals surface area contributed by atoms with Gasteiger partial charge in [0.2, 0.25) is 0 Å². The highest BCUT2D eigenvalue weighted by Crippen LogP contribution is 2.27. The smallest absolute Gasteiger partial charge is 0.195 e. The van der Waals surface area contributed by atoms with Gasteiger partial charge in [0.1, 0.15) is 5.82 Å². The fourth-order valence-electron chi connectivity index (χ4n) is 1.90. The minimum absolute atomic E-state index is 0.0582. The lowest BCUT2D eigenvalue weighted by Crippen LogP contribution is -2.20. The molecule has 1 atom stereocenters. The van der Waals surface area contributed by atoms with E-state index in [0.717, 1.165) is 11.5 Å². The van der Waals surface area contributed by atoms with Crippen LogP contribution in [0.2, 0.25) is 0 Å². The summed E-state index contributed by atoms with van der Waals surface area (Å²) in [5.74, 6) is 1.15. The molecule has 2 rings (SSSR count). The number of hydrogen-bond acceptors (Lipinski definition) is 5. The van der Waals surface area contributed by atoms with Gasteiger partial charge in [0, 0.05) is 17.9 Å². The molecule has 0 unspecified atom stereocenters. The van der Waals surface area contributed by atoms with Crippen LogP contribution in [-0.2, 0) is 0 Å². The number of nitrogens with zero attached hydrogens (tertiary/aromatic N) is 5. The molecule has 0 aliphatic rings. The Morgan fingerprint density at radius 3 is 2.59 bits per heavy atom. The van der Waals surface area contributed by atoms with Crippen molar-refractivity contribution in [3.63, 3.8) is 0 Å². The number of thioether (sulfide) groups is 1. The molecule has 0 saturated carbocycles. The van der Waals surface area contributed by atoms with Crippen molar-refractivity contribution in [3.05, 3.63) is 35.9 Å². The van der Waals surface area contributed by atoms with Gasteiger partial charge in [-0.1, -0.05) is 11.8 Å². The molecular formula is C15H18FN5S. The molecule has 0 bridgehead atoms. The first-order chi connectivity index (χ1) is 10.5. The quantitative estimate of drug-likeness (QED) is 0.605. The van der Waals surface area contributed by atoms with E-state index in [1.54, 1.807) is 12.1 Å². The van der Waals surface area contributed by atoms with Crippen LogP contribution in [0.1, 0.15) is 25.2 Å². The van der Waals surface area contributed by atoms with Crippen LogP contribution in [0.15, 0.2) is 29.4 Å². The third-order valence-corrected chi connectivity index (χ3v) is 4.27. The van der Waals surface area contributed by atoms with Crippen LogP contribution < -0.4 is 0 Å². The third-order valence-electron chi connectivity index (χ3n) is 3.34. The van der Waals surface area contributed by atoms with Crippen molar-refractivity contribution in [2.75, 3.05) is 19.8 Å². The molecule has 0 N–H and O–H groups in total. The molecule has 5 nitrogen and oxygen atoms in total. The van der Waals surface area contributed by atoms with Crippen LogP contribution >= 0.6 is 11.8 Å². The van der Waals surface area contributed by atoms with Crippen molar-refractivity contribution in [2.45, 2.75) is 24.5 Å². The minimum atomic E-state index is -0.280. The van der Waals surface area contributed by atoms with E-state index in [0.29, 0.717) is 17.3 Å². The second kappa shape index (κ2) is 7.38. The largest absolute Gasteiger partial charge is 0.300 e. The molecule has 1 aromatic heterocycles. The Kier molecular flexibility index (Phi) is 5.52. The molecule has 0 saturated heterocycles. The summed E-state index contributed by atoms with van der Waals surface area (Å²) in [6, 6.07) is 8.43. The predicted molar refractivity (Wildman–Crippen MR) is 84.4 cm³/mol. The van der Waals surface area contributed by atoms with Gasteiger partial charge in [-0.25, -0.2) is 4.39 Å². The summed E-state index contributed by atoms with van der Waals surface area (Å²) in [5.41, 5.74) is 0.814. The summed E-state index contributed by atoms with van der Waals surface area (Å²) in [6.07, 6.45) is 0.444. The van der Waals surface area contributed by atoms with E-state index in [2.05, 4.69) is 16.3 Å². The van der Waals surface area contributed by atoms with Gasteiger partial charge in [-0.3, -0.25) is 9.47 Å². The maximum Gasteiger partial charge on any atom is 0.195 e. The summed E-state index contributed by atoms with van der Waals surface area (Å²) in [6.45, 7) is 2.04. The Hall–Kier alpha value is -1.91. The molecule has 0 aliphatic carbocycles. The zero-order chi connectivity index (χ0) is 16.1. The van der Waals surface area contributed by atoms with Crippen LogP contribution in [0.5, 0.6) is 0 Å². The van der Waals surface area contributed by atoms with Crippen molar-refractivity contribution >= 4 is 11.8 Å². The highest BCUT2D eigenvalue weighted by molar-refractivity contribution is 7.99. The van der Waals surface area contributed by atoms with Gasteiger partial charge in [-0.2, -0.15) is 5.26 Å². The molecule has 0 spiro atoms. The molecule has 0 radical (unpaired) electrons. The predicted octanol–water partition coefficient (Wildman–Crippen LogP) is 3.03. The topological polar surface area (TPSA) is 57.7 Å². The Morgan fingerprint density at radius 2 is 2.00 bits per heavy atom. The monoisotopic (exact) mass is 319 g/mol. The lowest BCUT2D eigenvalue weighted by atomic mass is 10.2. The fourth-order valence-corrected chi connectivity index (χ4v) is 2.70. The highest BCUT2D eigenvalue weighted by Gasteiger charge is 2.20. The second-order valence-corrected chi connectivity index (χ2v) is 6.11. The average molecular weight is 319 g/mol. The van der Waals surface area contributed by atoms with Gasteiger partial charge in [-0.05, 0) is 45.3 Å². The summed E-state index contributed by atoms with van der Waals surface area (Å²) in [7, 11) is 3.94. The zero-order valence-corrected chi connectivity index (χ0v) is 13.6. The third kappa shape index (κ3) is 3.64. The Morgan fingerprint density at radius 1 is 1.32 bits per heavy atom. The van der Waals surface area contributed by atoms with Crippen LogP contribution in [0, 0.1) is 17.1 Å². The van der Waals surface area contributed by atoms with Crippen molar-refractivity contribution in [2.24, 2.45) is 0 Å². The maximum absolute atomic E-state index is 13.2. The van der Waals surface area contributed by atoms with Crippen LogP contribution in [-0.4, -0.2) is 39.5 Å². The molecule has 7 heteroatoms. The van der Waals surface area contributed by atoms with E-state index in [4.69, 9.17) is 5.26 Å². The summed E-state index contributed by atoms with van der Waals surface area (Å²) in [4.78, 5) is 2.04. The van der Waals surface area contributed by atoms with E-state index < -0.39 is 0 Å².